The highest BCUT2D eigenvalue weighted by atomic mass is 35.6. The largest absolute Gasteiger partial charge is 0.455 e. The summed E-state index contributed by atoms with van der Waals surface area (Å²) in [7, 11) is 0. The molecule has 1 aliphatic rings. The van der Waals surface area contributed by atoms with Crippen LogP contribution in [0.3, 0.4) is 0 Å². The van der Waals surface area contributed by atoms with Gasteiger partial charge in [-0.25, -0.2) is 0 Å². The van der Waals surface area contributed by atoms with Crippen molar-refractivity contribution >= 4 is 64.4 Å². The van der Waals surface area contributed by atoms with Crippen molar-refractivity contribution in [2.75, 3.05) is 0 Å². The maximum atomic E-state index is 12.1. The van der Waals surface area contributed by atoms with Crippen LogP contribution in [-0.4, -0.2) is 64.1 Å². The predicted molar refractivity (Wildman–Crippen MR) is 104 cm³/mol. The zero-order chi connectivity index (χ0) is 23.2. The van der Waals surface area contributed by atoms with Gasteiger partial charge >= 0.3 is 17.9 Å². The molecule has 170 valence electrons. The Balaban J connectivity index is 3.17. The number of rotatable bonds is 7. The van der Waals surface area contributed by atoms with Crippen LogP contribution in [0.25, 0.3) is 0 Å². The minimum Gasteiger partial charge on any atom is -0.455 e. The Morgan fingerprint density at radius 2 is 1.40 bits per heavy atom. The molecule has 0 amide bonds. The number of ketones is 1. The maximum Gasteiger partial charge on any atom is 0.306 e. The van der Waals surface area contributed by atoms with Gasteiger partial charge < -0.3 is 28.5 Å². The van der Waals surface area contributed by atoms with E-state index >= 15 is 0 Å². The lowest BCUT2D eigenvalue weighted by atomic mass is 9.98. The van der Waals surface area contributed by atoms with Crippen molar-refractivity contribution in [3.8, 4) is 0 Å². The molecule has 30 heavy (non-hydrogen) atoms. The number of esters is 3. The molecule has 1 aliphatic heterocycles. The molecule has 0 radical (unpaired) electrons. The van der Waals surface area contributed by atoms with E-state index in [1.54, 1.807) is 0 Å². The highest BCUT2D eigenvalue weighted by Gasteiger charge is 2.52. The first-order valence-corrected chi connectivity index (χ1v) is 9.87. The Bertz CT molecular complexity index is 694. The van der Waals surface area contributed by atoms with Gasteiger partial charge in [-0.1, -0.05) is 34.8 Å². The van der Waals surface area contributed by atoms with Gasteiger partial charge in [0.05, 0.1) is 12.5 Å². The van der Waals surface area contributed by atoms with Gasteiger partial charge in [0.2, 0.25) is 18.3 Å². The van der Waals surface area contributed by atoms with Crippen molar-refractivity contribution in [3.05, 3.63) is 0 Å². The molecule has 10 nitrogen and oxygen atoms in total. The highest BCUT2D eigenvalue weighted by Crippen LogP contribution is 2.33. The van der Waals surface area contributed by atoms with E-state index in [1.165, 1.54) is 13.8 Å². The van der Waals surface area contributed by atoms with Crippen molar-refractivity contribution in [2.24, 2.45) is 0 Å². The molecule has 0 aromatic rings. The minimum atomic E-state index is -2.24. The fourth-order valence-corrected chi connectivity index (χ4v) is 2.68. The molecular weight excluding hydrogens is 469 g/mol. The number of hydrogen-bond donors (Lipinski definition) is 1. The number of Topliss-reactive ketones (excluding diaryl/α,β-unsaturated/α-hetero) is 1. The molecule has 1 heterocycles. The summed E-state index contributed by atoms with van der Waals surface area (Å²) in [6, 6.07) is 0. The van der Waals surface area contributed by atoms with Crippen molar-refractivity contribution in [1.82, 2.24) is 0 Å². The molecule has 13 heteroatoms. The molecule has 5 atom stereocenters. The fourth-order valence-electron chi connectivity index (χ4n) is 2.54. The summed E-state index contributed by atoms with van der Waals surface area (Å²) in [6.07, 6.45) is -6.73. The third-order valence-electron chi connectivity index (χ3n) is 3.77. The van der Waals surface area contributed by atoms with Gasteiger partial charge in [-0.2, -0.15) is 0 Å². The molecule has 0 aromatic heterocycles. The van der Waals surface area contributed by atoms with Crippen molar-refractivity contribution in [2.45, 2.75) is 75.0 Å². The average Bonchev–Trinajstić information content (AvgIpc) is 2.57. The summed E-state index contributed by atoms with van der Waals surface area (Å²) < 4.78 is 24.2. The standard InChI is InChI=1S/C17H22Cl3NO9/c1-7(22)5-6-11(25)29-12-8(2)26-15(30-16(21)17(18,19)20)14(28-10(4)24)13(12)27-9(3)23/h8,12-15,21H,5-6H2,1-4H3/t8-,12-,13+,14+,15-/m0/s1. The Morgan fingerprint density at radius 1 is 0.867 bits per heavy atom. The van der Waals surface area contributed by atoms with E-state index in [1.807, 2.05) is 0 Å². The van der Waals surface area contributed by atoms with E-state index in [9.17, 15) is 19.2 Å². The average molecular weight is 491 g/mol. The van der Waals surface area contributed by atoms with E-state index < -0.39 is 58.3 Å². The second kappa shape index (κ2) is 11.1. The second-order valence-electron chi connectivity index (χ2n) is 6.46. The van der Waals surface area contributed by atoms with Crippen LogP contribution in [-0.2, 0) is 42.9 Å². The molecule has 0 unspecified atom stereocenters. The summed E-state index contributed by atoms with van der Waals surface area (Å²) >= 11 is 16.8. The number of nitrogens with one attached hydrogen (secondary N) is 1. The molecule has 1 saturated heterocycles. The van der Waals surface area contributed by atoms with Gasteiger partial charge in [0, 0.05) is 20.3 Å². The minimum absolute atomic E-state index is 0.0431. The first-order valence-electron chi connectivity index (χ1n) is 8.73. The topological polar surface area (TPSA) is 138 Å². The van der Waals surface area contributed by atoms with Crippen molar-refractivity contribution in [1.29, 1.82) is 5.41 Å². The zero-order valence-electron chi connectivity index (χ0n) is 16.6. The number of hydrogen-bond acceptors (Lipinski definition) is 10. The van der Waals surface area contributed by atoms with Gasteiger partial charge in [0.1, 0.15) is 5.78 Å². The monoisotopic (exact) mass is 489 g/mol. The fraction of sp³-hybridized carbons (Fsp3) is 0.706. The second-order valence-corrected chi connectivity index (χ2v) is 8.74. The normalized spacial score (nSPS) is 26.3. The van der Waals surface area contributed by atoms with Gasteiger partial charge in [0.15, 0.2) is 12.2 Å². The third-order valence-corrected chi connectivity index (χ3v) is 4.29. The first kappa shape index (κ1) is 26.4. The lowest BCUT2D eigenvalue weighted by Gasteiger charge is -2.43. The van der Waals surface area contributed by atoms with Crippen LogP contribution >= 0.6 is 34.8 Å². The van der Waals surface area contributed by atoms with Gasteiger partial charge in [-0.05, 0) is 13.8 Å². The van der Waals surface area contributed by atoms with E-state index in [4.69, 9.17) is 63.9 Å². The van der Waals surface area contributed by atoms with E-state index in [0.29, 0.717) is 0 Å². The molecule has 0 saturated carbocycles. The number of ether oxygens (including phenoxy) is 5. The maximum absolute atomic E-state index is 12.1. The van der Waals surface area contributed by atoms with Crippen molar-refractivity contribution < 1.29 is 42.9 Å². The number of halogens is 3. The number of carbonyl (C=O) groups is 4. The van der Waals surface area contributed by atoms with E-state index in [-0.39, 0.29) is 18.6 Å². The van der Waals surface area contributed by atoms with Crippen LogP contribution < -0.4 is 0 Å². The molecule has 1 fully saturated rings. The highest BCUT2D eigenvalue weighted by molar-refractivity contribution is 6.76. The summed E-state index contributed by atoms with van der Waals surface area (Å²) in [6.45, 7) is 4.96. The molecule has 0 aliphatic carbocycles. The lowest BCUT2D eigenvalue weighted by Crippen LogP contribution is -2.61. The van der Waals surface area contributed by atoms with Crippen LogP contribution in [0.5, 0.6) is 0 Å². The predicted octanol–water partition coefficient (Wildman–Crippen LogP) is 2.24. The molecule has 0 aromatic carbocycles. The van der Waals surface area contributed by atoms with Gasteiger partial charge in [0.25, 0.3) is 3.79 Å². The third kappa shape index (κ3) is 8.25. The molecule has 1 N–H and O–H groups in total. The smallest absolute Gasteiger partial charge is 0.306 e. The Labute approximate surface area is 187 Å². The number of alkyl halides is 3. The summed E-state index contributed by atoms with van der Waals surface area (Å²) in [5.41, 5.74) is 0. The molecule has 1 rings (SSSR count). The van der Waals surface area contributed by atoms with Crippen LogP contribution in [0, 0.1) is 5.41 Å². The quantitative estimate of drug-likeness (QED) is 0.187. The summed E-state index contributed by atoms with van der Waals surface area (Å²) in [5, 5.41) is 7.72. The molecule has 0 spiro atoms. The lowest BCUT2D eigenvalue weighted by molar-refractivity contribution is -0.284. The first-order chi connectivity index (χ1) is 13.7. The molecule has 0 bridgehead atoms. The zero-order valence-corrected chi connectivity index (χ0v) is 18.9. The van der Waals surface area contributed by atoms with E-state index in [0.717, 1.165) is 13.8 Å². The van der Waals surface area contributed by atoms with Crippen LogP contribution in [0.1, 0.15) is 40.5 Å². The number of carbonyl (C=O) groups excluding carboxylic acids is 4. The van der Waals surface area contributed by atoms with Crippen molar-refractivity contribution in [3.63, 3.8) is 0 Å². The van der Waals surface area contributed by atoms with Gasteiger partial charge in [-0.3, -0.25) is 19.8 Å². The van der Waals surface area contributed by atoms with Crippen LogP contribution in [0.2, 0.25) is 0 Å². The van der Waals surface area contributed by atoms with E-state index in [2.05, 4.69) is 0 Å². The summed E-state index contributed by atoms with van der Waals surface area (Å²) in [4.78, 5) is 46.5. The van der Waals surface area contributed by atoms with Gasteiger partial charge in [-0.15, -0.1) is 0 Å². The molecular formula is C17H22Cl3NO9. The SMILES string of the molecule is CC(=O)CCC(=O)O[C@@H]1[C@@H](OC(C)=O)[C@@H](OC(C)=O)[C@H](OC(=N)C(Cl)(Cl)Cl)O[C@H]1C. The Kier molecular flexibility index (Phi) is 9.80. The van der Waals surface area contributed by atoms with Crippen LogP contribution in [0.15, 0.2) is 0 Å². The van der Waals surface area contributed by atoms with Crippen LogP contribution in [0.4, 0.5) is 0 Å². The Hall–Kier alpha value is -1.62. The summed E-state index contributed by atoms with van der Waals surface area (Å²) in [5.74, 6) is -3.37. The Morgan fingerprint density at radius 3 is 1.87 bits per heavy atom.